The molecule has 2 aromatic rings. The van der Waals surface area contributed by atoms with Gasteiger partial charge in [0.2, 0.25) is 0 Å². The summed E-state index contributed by atoms with van der Waals surface area (Å²) >= 11 is 0. The number of H-pyrrole nitrogens is 1. The first-order valence-electron chi connectivity index (χ1n) is 7.47. The minimum absolute atomic E-state index is 0.0280. The Balaban J connectivity index is 2.18. The first-order valence-corrected chi connectivity index (χ1v) is 7.47. The maximum atomic E-state index is 12.6. The molecule has 0 aliphatic heterocycles. The summed E-state index contributed by atoms with van der Waals surface area (Å²) in [5, 5.41) is 0. The molecule has 112 valence electrons. The molecule has 1 amide bonds. The van der Waals surface area contributed by atoms with Gasteiger partial charge in [0.25, 0.3) is 5.91 Å². The lowest BCUT2D eigenvalue weighted by Crippen LogP contribution is -2.32. The Bertz CT molecular complexity index is 604. The van der Waals surface area contributed by atoms with E-state index >= 15 is 0 Å². The SMILES string of the molecule is CCCCN(Cc1ccccc1C)C(=O)c1ncc(C)[nH]1. The molecular formula is C17H23N3O. The van der Waals surface area contributed by atoms with Crippen LogP contribution in [0.3, 0.4) is 0 Å². The number of carbonyl (C=O) groups excluding carboxylic acids is 1. The van der Waals surface area contributed by atoms with Crippen LogP contribution in [0.2, 0.25) is 0 Å². The fourth-order valence-electron chi connectivity index (χ4n) is 2.27. The van der Waals surface area contributed by atoms with Crippen molar-refractivity contribution >= 4 is 5.91 Å². The molecule has 0 spiro atoms. The summed E-state index contributed by atoms with van der Waals surface area (Å²) < 4.78 is 0. The highest BCUT2D eigenvalue weighted by molar-refractivity contribution is 5.90. The molecule has 2 rings (SSSR count). The van der Waals surface area contributed by atoms with Crippen LogP contribution in [0.4, 0.5) is 0 Å². The predicted molar refractivity (Wildman–Crippen MR) is 84.2 cm³/mol. The molecule has 1 N–H and O–H groups in total. The molecule has 0 radical (unpaired) electrons. The Morgan fingerprint density at radius 3 is 2.67 bits per heavy atom. The minimum atomic E-state index is -0.0280. The van der Waals surface area contributed by atoms with E-state index in [9.17, 15) is 4.79 Å². The number of aryl methyl sites for hydroxylation is 2. The van der Waals surface area contributed by atoms with E-state index in [0.717, 1.165) is 25.1 Å². The number of carbonyl (C=O) groups is 1. The molecule has 0 saturated carbocycles. The molecule has 0 fully saturated rings. The maximum absolute atomic E-state index is 12.6. The number of nitrogens with zero attached hydrogens (tertiary/aromatic N) is 2. The molecule has 4 heteroatoms. The monoisotopic (exact) mass is 285 g/mol. The van der Waals surface area contributed by atoms with Crippen molar-refractivity contribution < 1.29 is 4.79 Å². The molecule has 1 aromatic heterocycles. The van der Waals surface area contributed by atoms with Gasteiger partial charge in [0.1, 0.15) is 0 Å². The molecule has 0 unspecified atom stereocenters. The van der Waals surface area contributed by atoms with Crippen LogP contribution in [-0.2, 0) is 6.54 Å². The zero-order valence-corrected chi connectivity index (χ0v) is 13.0. The van der Waals surface area contributed by atoms with Crippen molar-refractivity contribution in [2.75, 3.05) is 6.54 Å². The molecule has 1 heterocycles. The number of nitrogens with one attached hydrogen (secondary N) is 1. The average molecular weight is 285 g/mol. The number of rotatable bonds is 6. The van der Waals surface area contributed by atoms with Crippen molar-refractivity contribution in [1.82, 2.24) is 14.9 Å². The summed E-state index contributed by atoms with van der Waals surface area (Å²) in [5.74, 6) is 0.400. The molecule has 1 aromatic carbocycles. The fraction of sp³-hybridized carbons (Fsp3) is 0.412. The highest BCUT2D eigenvalue weighted by atomic mass is 16.2. The van der Waals surface area contributed by atoms with Crippen LogP contribution in [0, 0.1) is 13.8 Å². The number of aromatic nitrogens is 2. The van der Waals surface area contributed by atoms with Crippen molar-refractivity contribution in [3.05, 3.63) is 53.1 Å². The number of imidazole rings is 1. The molecule has 0 bridgehead atoms. The Morgan fingerprint density at radius 2 is 2.05 bits per heavy atom. The summed E-state index contributed by atoms with van der Waals surface area (Å²) in [4.78, 5) is 21.7. The number of unbranched alkanes of at least 4 members (excludes halogenated alkanes) is 1. The van der Waals surface area contributed by atoms with Gasteiger partial charge in [-0.1, -0.05) is 37.6 Å². The van der Waals surface area contributed by atoms with Gasteiger partial charge in [0.05, 0.1) is 0 Å². The number of benzene rings is 1. The van der Waals surface area contributed by atoms with Crippen molar-refractivity contribution in [2.45, 2.75) is 40.2 Å². The molecule has 0 aliphatic rings. The van der Waals surface area contributed by atoms with Crippen molar-refractivity contribution in [3.63, 3.8) is 0 Å². The Labute approximate surface area is 126 Å². The summed E-state index contributed by atoms with van der Waals surface area (Å²) in [6, 6.07) is 8.19. The molecule has 0 saturated heterocycles. The first kappa shape index (κ1) is 15.3. The number of amides is 1. The first-order chi connectivity index (χ1) is 10.1. The molecule has 0 atom stereocenters. The second-order valence-corrected chi connectivity index (χ2v) is 5.42. The lowest BCUT2D eigenvalue weighted by molar-refractivity contribution is 0.0729. The summed E-state index contributed by atoms with van der Waals surface area (Å²) in [7, 11) is 0. The lowest BCUT2D eigenvalue weighted by atomic mass is 10.1. The third-order valence-corrected chi connectivity index (χ3v) is 3.60. The largest absolute Gasteiger partial charge is 0.338 e. The van der Waals surface area contributed by atoms with E-state index in [1.54, 1.807) is 6.20 Å². The van der Waals surface area contributed by atoms with E-state index in [2.05, 4.69) is 35.9 Å². The quantitative estimate of drug-likeness (QED) is 0.883. The fourth-order valence-corrected chi connectivity index (χ4v) is 2.27. The Morgan fingerprint density at radius 1 is 1.29 bits per heavy atom. The zero-order valence-electron chi connectivity index (χ0n) is 13.0. The number of aromatic amines is 1. The van der Waals surface area contributed by atoms with Crippen molar-refractivity contribution in [1.29, 1.82) is 0 Å². The molecule has 21 heavy (non-hydrogen) atoms. The van der Waals surface area contributed by atoms with Gasteiger partial charge in [-0.25, -0.2) is 4.98 Å². The summed E-state index contributed by atoms with van der Waals surface area (Å²) in [6.45, 7) is 7.50. The predicted octanol–water partition coefficient (Wildman–Crippen LogP) is 3.47. The third-order valence-electron chi connectivity index (χ3n) is 3.60. The second-order valence-electron chi connectivity index (χ2n) is 5.42. The smallest absolute Gasteiger partial charge is 0.289 e. The normalized spacial score (nSPS) is 10.6. The van der Waals surface area contributed by atoms with Gasteiger partial charge in [-0.3, -0.25) is 4.79 Å². The standard InChI is InChI=1S/C17H23N3O/c1-4-5-10-20(12-15-9-7-6-8-13(15)2)17(21)16-18-11-14(3)19-16/h6-9,11H,4-5,10,12H2,1-3H3,(H,18,19). The van der Waals surface area contributed by atoms with Gasteiger partial charge in [-0.05, 0) is 31.4 Å². The third kappa shape index (κ3) is 3.94. The topological polar surface area (TPSA) is 49.0 Å². The van der Waals surface area contributed by atoms with Crippen LogP contribution in [-0.4, -0.2) is 27.3 Å². The Kier molecular flexibility index (Phi) is 5.14. The maximum Gasteiger partial charge on any atom is 0.289 e. The van der Waals surface area contributed by atoms with Crippen molar-refractivity contribution in [2.24, 2.45) is 0 Å². The number of hydrogen-bond acceptors (Lipinski definition) is 2. The van der Waals surface area contributed by atoms with Crippen LogP contribution < -0.4 is 0 Å². The van der Waals surface area contributed by atoms with Crippen LogP contribution in [0.5, 0.6) is 0 Å². The van der Waals surface area contributed by atoms with Gasteiger partial charge >= 0.3 is 0 Å². The van der Waals surface area contributed by atoms with Crippen LogP contribution >= 0.6 is 0 Å². The summed E-state index contributed by atoms with van der Waals surface area (Å²) in [5.41, 5.74) is 3.30. The van der Waals surface area contributed by atoms with Gasteiger partial charge in [-0.15, -0.1) is 0 Å². The van der Waals surface area contributed by atoms with E-state index in [0.29, 0.717) is 12.4 Å². The number of hydrogen-bond donors (Lipinski definition) is 1. The molecule has 4 nitrogen and oxygen atoms in total. The van der Waals surface area contributed by atoms with Crippen LogP contribution in [0.25, 0.3) is 0 Å². The average Bonchev–Trinajstić information content (AvgIpc) is 2.91. The minimum Gasteiger partial charge on any atom is -0.338 e. The van der Waals surface area contributed by atoms with E-state index in [4.69, 9.17) is 0 Å². The van der Waals surface area contributed by atoms with Crippen LogP contribution in [0.1, 0.15) is 47.2 Å². The van der Waals surface area contributed by atoms with Crippen LogP contribution in [0.15, 0.2) is 30.5 Å². The second kappa shape index (κ2) is 7.07. The van der Waals surface area contributed by atoms with Crippen molar-refractivity contribution in [3.8, 4) is 0 Å². The zero-order chi connectivity index (χ0) is 15.2. The molecule has 0 aliphatic carbocycles. The van der Waals surface area contributed by atoms with E-state index in [-0.39, 0.29) is 5.91 Å². The highest BCUT2D eigenvalue weighted by Crippen LogP contribution is 2.13. The van der Waals surface area contributed by atoms with Gasteiger partial charge in [0.15, 0.2) is 5.82 Å². The summed E-state index contributed by atoms with van der Waals surface area (Å²) in [6.07, 6.45) is 3.76. The lowest BCUT2D eigenvalue weighted by Gasteiger charge is -2.22. The van der Waals surface area contributed by atoms with E-state index in [1.165, 1.54) is 11.1 Å². The highest BCUT2D eigenvalue weighted by Gasteiger charge is 2.18. The van der Waals surface area contributed by atoms with E-state index in [1.807, 2.05) is 24.0 Å². The Hall–Kier alpha value is -2.10. The van der Waals surface area contributed by atoms with Gasteiger partial charge in [-0.2, -0.15) is 0 Å². The molecular weight excluding hydrogens is 262 g/mol. The van der Waals surface area contributed by atoms with Gasteiger partial charge < -0.3 is 9.88 Å². The van der Waals surface area contributed by atoms with E-state index < -0.39 is 0 Å². The van der Waals surface area contributed by atoms with Gasteiger partial charge in [0, 0.05) is 25.0 Å².